The number of ketones is 1. The van der Waals surface area contributed by atoms with Gasteiger partial charge in [0.15, 0.2) is 5.78 Å². The number of amides is 2. The number of nitrogens with zero attached hydrogens (tertiary/aromatic N) is 2. The summed E-state index contributed by atoms with van der Waals surface area (Å²) in [4.78, 5) is 35.1. The van der Waals surface area contributed by atoms with Crippen LogP contribution >= 0.6 is 0 Å². The molecule has 100 valence electrons. The first-order chi connectivity index (χ1) is 8.91. The molecule has 2 heterocycles. The fourth-order valence-electron chi connectivity index (χ4n) is 1.68. The molecule has 8 heteroatoms. The Hall–Kier alpha value is -2.77. The molecule has 0 bridgehead atoms. The normalized spacial score (nSPS) is 14.4. The molecule has 0 fully saturated rings. The van der Waals surface area contributed by atoms with Crippen LogP contribution in [-0.2, 0) is 9.59 Å². The zero-order chi connectivity index (χ0) is 14.2. The Morgan fingerprint density at radius 1 is 1.16 bits per heavy atom. The SMILES string of the molecule is O=C(CCN1C(=O)C=CC1=O)c1cc(O)n(O)c1O. The predicted octanol–water partition coefficient (Wildman–Crippen LogP) is -0.366. The Morgan fingerprint density at radius 3 is 2.21 bits per heavy atom. The lowest BCUT2D eigenvalue weighted by atomic mass is 10.1. The van der Waals surface area contributed by atoms with E-state index in [1.54, 1.807) is 0 Å². The van der Waals surface area contributed by atoms with Crippen LogP contribution in [0.15, 0.2) is 18.2 Å². The van der Waals surface area contributed by atoms with Crippen LogP contribution in [0.1, 0.15) is 16.8 Å². The lowest BCUT2D eigenvalue weighted by Crippen LogP contribution is -2.32. The van der Waals surface area contributed by atoms with E-state index in [-0.39, 0.29) is 23.3 Å². The van der Waals surface area contributed by atoms with E-state index in [0.717, 1.165) is 23.1 Å². The summed E-state index contributed by atoms with van der Waals surface area (Å²) in [5.41, 5.74) is -0.285. The summed E-state index contributed by atoms with van der Waals surface area (Å²) in [6, 6.07) is 0.892. The monoisotopic (exact) mass is 266 g/mol. The molecular weight excluding hydrogens is 256 g/mol. The average Bonchev–Trinajstić information content (AvgIpc) is 2.82. The number of aromatic hydroxyl groups is 2. The van der Waals surface area contributed by atoms with E-state index in [1.807, 2.05) is 0 Å². The van der Waals surface area contributed by atoms with E-state index in [2.05, 4.69) is 0 Å². The molecule has 0 atom stereocenters. The largest absolute Gasteiger partial charge is 0.492 e. The van der Waals surface area contributed by atoms with Crippen molar-refractivity contribution in [3.63, 3.8) is 0 Å². The van der Waals surface area contributed by atoms with Gasteiger partial charge in [-0.05, 0) is 0 Å². The van der Waals surface area contributed by atoms with Crippen LogP contribution in [0.2, 0.25) is 0 Å². The number of carbonyl (C=O) groups excluding carboxylic acids is 3. The standard InChI is InChI=1S/C11H10N2O6/c14-7(6-5-10(17)13(19)11(6)18)3-4-12-8(15)1-2-9(12)16/h1-2,5,17-19H,3-4H2. The summed E-state index contributed by atoms with van der Waals surface area (Å²) in [6.45, 7) is -0.139. The Kier molecular flexibility index (Phi) is 2.99. The van der Waals surface area contributed by atoms with Gasteiger partial charge in [0, 0.05) is 31.2 Å². The van der Waals surface area contributed by atoms with E-state index in [1.165, 1.54) is 0 Å². The molecule has 1 aromatic heterocycles. The lowest BCUT2D eigenvalue weighted by Gasteiger charge is -2.12. The van der Waals surface area contributed by atoms with Crippen LogP contribution in [-0.4, -0.2) is 49.2 Å². The second kappa shape index (κ2) is 4.48. The Bertz CT molecular complexity index is 583. The highest BCUT2D eigenvalue weighted by atomic mass is 16.5. The number of Topliss-reactive ketones (excluding diaryl/α,β-unsaturated/α-hetero) is 1. The zero-order valence-corrected chi connectivity index (χ0v) is 9.61. The van der Waals surface area contributed by atoms with E-state index in [0.29, 0.717) is 0 Å². The number of aromatic nitrogens is 1. The second-order valence-electron chi connectivity index (χ2n) is 3.89. The van der Waals surface area contributed by atoms with Crippen molar-refractivity contribution in [3.8, 4) is 11.8 Å². The molecule has 19 heavy (non-hydrogen) atoms. The van der Waals surface area contributed by atoms with Crippen molar-refractivity contribution < 1.29 is 29.8 Å². The third-order valence-electron chi connectivity index (χ3n) is 2.70. The van der Waals surface area contributed by atoms with Crippen LogP contribution in [0.4, 0.5) is 0 Å². The molecule has 0 unspecified atom stereocenters. The smallest absolute Gasteiger partial charge is 0.253 e. The number of imide groups is 1. The van der Waals surface area contributed by atoms with Gasteiger partial charge in [-0.2, -0.15) is 0 Å². The van der Waals surface area contributed by atoms with Gasteiger partial charge < -0.3 is 15.4 Å². The Morgan fingerprint density at radius 2 is 1.74 bits per heavy atom. The highest BCUT2D eigenvalue weighted by Crippen LogP contribution is 2.26. The van der Waals surface area contributed by atoms with Gasteiger partial charge in [0.05, 0.1) is 5.56 Å². The zero-order valence-electron chi connectivity index (χ0n) is 9.61. The number of rotatable bonds is 4. The first-order valence-corrected chi connectivity index (χ1v) is 5.31. The van der Waals surface area contributed by atoms with Crippen molar-refractivity contribution in [2.45, 2.75) is 6.42 Å². The van der Waals surface area contributed by atoms with Crippen molar-refractivity contribution in [3.05, 3.63) is 23.8 Å². The topological polar surface area (TPSA) is 120 Å². The van der Waals surface area contributed by atoms with Gasteiger partial charge in [0.25, 0.3) is 11.8 Å². The fourth-order valence-corrected chi connectivity index (χ4v) is 1.68. The average molecular weight is 266 g/mol. The van der Waals surface area contributed by atoms with Crippen molar-refractivity contribution >= 4 is 17.6 Å². The lowest BCUT2D eigenvalue weighted by molar-refractivity contribution is -0.136. The predicted molar refractivity (Wildman–Crippen MR) is 59.8 cm³/mol. The second-order valence-corrected chi connectivity index (χ2v) is 3.89. The molecule has 0 radical (unpaired) electrons. The Labute approximate surface area is 106 Å². The number of hydrogen-bond acceptors (Lipinski definition) is 6. The minimum absolute atomic E-state index is 0.0565. The summed E-state index contributed by atoms with van der Waals surface area (Å²) < 4.78 is 0.0565. The van der Waals surface area contributed by atoms with Gasteiger partial charge in [0.2, 0.25) is 11.8 Å². The molecule has 2 amide bonds. The van der Waals surface area contributed by atoms with Gasteiger partial charge in [-0.25, -0.2) is 0 Å². The molecule has 8 nitrogen and oxygen atoms in total. The molecule has 0 saturated carbocycles. The van der Waals surface area contributed by atoms with Crippen LogP contribution in [0.3, 0.4) is 0 Å². The third kappa shape index (κ3) is 2.15. The van der Waals surface area contributed by atoms with Crippen molar-refractivity contribution in [1.29, 1.82) is 0 Å². The van der Waals surface area contributed by atoms with Gasteiger partial charge in [-0.15, -0.1) is 4.73 Å². The highest BCUT2D eigenvalue weighted by molar-refractivity contribution is 6.13. The van der Waals surface area contributed by atoms with Crippen LogP contribution in [0.25, 0.3) is 0 Å². The maximum absolute atomic E-state index is 11.7. The summed E-state index contributed by atoms with van der Waals surface area (Å²) in [5.74, 6) is -3.11. The van der Waals surface area contributed by atoms with Crippen LogP contribution < -0.4 is 0 Å². The third-order valence-corrected chi connectivity index (χ3v) is 2.70. The van der Waals surface area contributed by atoms with Crippen molar-refractivity contribution in [1.82, 2.24) is 9.63 Å². The van der Waals surface area contributed by atoms with E-state index < -0.39 is 29.4 Å². The number of carbonyl (C=O) groups is 3. The summed E-state index contributed by atoms with van der Waals surface area (Å²) in [7, 11) is 0. The summed E-state index contributed by atoms with van der Waals surface area (Å²) in [6.07, 6.45) is 1.97. The van der Waals surface area contributed by atoms with Crippen LogP contribution in [0.5, 0.6) is 11.8 Å². The minimum atomic E-state index is -0.792. The fraction of sp³-hybridized carbons (Fsp3) is 0.182. The summed E-state index contributed by atoms with van der Waals surface area (Å²) in [5, 5.41) is 27.5. The minimum Gasteiger partial charge on any atom is -0.492 e. The summed E-state index contributed by atoms with van der Waals surface area (Å²) >= 11 is 0. The molecular formula is C11H10N2O6. The molecule has 2 rings (SSSR count). The molecule has 0 aliphatic carbocycles. The molecule has 0 spiro atoms. The van der Waals surface area contributed by atoms with Gasteiger partial charge in [-0.3, -0.25) is 19.3 Å². The van der Waals surface area contributed by atoms with Gasteiger partial charge in [0.1, 0.15) is 0 Å². The molecule has 1 aliphatic heterocycles. The van der Waals surface area contributed by atoms with Crippen LogP contribution in [0, 0.1) is 0 Å². The molecule has 1 aliphatic rings. The van der Waals surface area contributed by atoms with E-state index >= 15 is 0 Å². The molecule has 1 aromatic rings. The molecule has 0 aromatic carbocycles. The molecule has 0 saturated heterocycles. The van der Waals surface area contributed by atoms with E-state index in [4.69, 9.17) is 10.3 Å². The van der Waals surface area contributed by atoms with Crippen molar-refractivity contribution in [2.24, 2.45) is 0 Å². The Balaban J connectivity index is 2.04. The first kappa shape index (κ1) is 12.7. The number of hydrogen-bond donors (Lipinski definition) is 3. The quantitative estimate of drug-likeness (QED) is 0.388. The highest BCUT2D eigenvalue weighted by Gasteiger charge is 2.25. The van der Waals surface area contributed by atoms with Gasteiger partial charge >= 0.3 is 0 Å². The maximum Gasteiger partial charge on any atom is 0.253 e. The molecule has 3 N–H and O–H groups in total. The first-order valence-electron chi connectivity index (χ1n) is 5.31. The van der Waals surface area contributed by atoms with Gasteiger partial charge in [-0.1, -0.05) is 0 Å². The maximum atomic E-state index is 11.7. The van der Waals surface area contributed by atoms with Crippen molar-refractivity contribution in [2.75, 3.05) is 6.54 Å². The van der Waals surface area contributed by atoms with E-state index in [9.17, 15) is 19.5 Å².